The van der Waals surface area contributed by atoms with Crippen LogP contribution in [0.5, 0.6) is 0 Å². The third-order valence-electron chi connectivity index (χ3n) is 8.79. The molecule has 3 nitrogen and oxygen atoms in total. The van der Waals surface area contributed by atoms with Crippen LogP contribution in [0.15, 0.2) is 109 Å². The summed E-state index contributed by atoms with van der Waals surface area (Å²) in [5, 5.41) is 5.02. The highest BCUT2D eigenvalue weighted by Gasteiger charge is 2.19. The van der Waals surface area contributed by atoms with Gasteiger partial charge in [-0.1, -0.05) is 76.3 Å². The average molecular weight is 556 g/mol. The van der Waals surface area contributed by atoms with E-state index < -0.39 is 0 Å². The molecule has 0 unspecified atom stereocenters. The molecule has 208 valence electrons. The second-order valence-corrected chi connectivity index (χ2v) is 12.2. The van der Waals surface area contributed by atoms with E-state index in [1.165, 1.54) is 77.0 Å². The van der Waals surface area contributed by atoms with Gasteiger partial charge in [-0.05, 0) is 106 Å². The lowest BCUT2D eigenvalue weighted by atomic mass is 10.0. The van der Waals surface area contributed by atoms with Gasteiger partial charge in [0.15, 0.2) is 0 Å². The van der Waals surface area contributed by atoms with Gasteiger partial charge >= 0.3 is 0 Å². The molecule has 0 amide bonds. The van der Waals surface area contributed by atoms with Crippen molar-refractivity contribution in [2.24, 2.45) is 0 Å². The first kappa shape index (κ1) is 25.6. The highest BCUT2D eigenvalue weighted by atomic mass is 15.1. The molecule has 0 saturated carbocycles. The normalized spacial score (nSPS) is 11.8. The number of aryl methyl sites for hydroxylation is 5. The Balaban J connectivity index is 1.50. The lowest BCUT2D eigenvalue weighted by Crippen LogP contribution is -2.04. The second-order valence-electron chi connectivity index (χ2n) is 12.2. The predicted octanol–water partition coefficient (Wildman–Crippen LogP) is 10.5. The summed E-state index contributed by atoms with van der Waals surface area (Å²) in [5.41, 5.74) is 13.3. The zero-order chi connectivity index (χ0) is 29.4. The van der Waals surface area contributed by atoms with E-state index in [-0.39, 0.29) is 0 Å². The van der Waals surface area contributed by atoms with Gasteiger partial charge in [0.05, 0.1) is 22.1 Å². The fourth-order valence-electron chi connectivity index (χ4n) is 6.64. The zero-order valence-electron chi connectivity index (χ0n) is 25.2. The summed E-state index contributed by atoms with van der Waals surface area (Å²) in [6.45, 7) is 10.8. The minimum atomic E-state index is 0.912. The van der Waals surface area contributed by atoms with E-state index in [1.807, 2.05) is 0 Å². The van der Waals surface area contributed by atoms with Crippen LogP contribution >= 0.6 is 0 Å². The van der Waals surface area contributed by atoms with Crippen molar-refractivity contribution in [1.29, 1.82) is 0 Å². The van der Waals surface area contributed by atoms with Crippen LogP contribution in [0.1, 0.15) is 27.8 Å². The fraction of sp³-hybridized carbons (Fsp3) is 0.125. The minimum absolute atomic E-state index is 0.912. The molecule has 0 aliphatic heterocycles. The SMILES string of the molecule is Cc1ccc(-c2cc(-n3c4ccc(C)cc4c4cc(C)ccc43)nc(-n3c4ccc(C)cc4c4cc(C)ccc43)c2)cc1. The van der Waals surface area contributed by atoms with E-state index in [9.17, 15) is 0 Å². The predicted molar refractivity (Wildman–Crippen MR) is 182 cm³/mol. The van der Waals surface area contributed by atoms with E-state index in [4.69, 9.17) is 4.98 Å². The first-order chi connectivity index (χ1) is 20.8. The molecule has 5 aromatic carbocycles. The Hall–Kier alpha value is -5.15. The van der Waals surface area contributed by atoms with Crippen molar-refractivity contribution in [1.82, 2.24) is 14.1 Å². The van der Waals surface area contributed by atoms with Crippen molar-refractivity contribution in [2.75, 3.05) is 0 Å². The molecule has 0 aliphatic carbocycles. The topological polar surface area (TPSA) is 22.8 Å². The molecule has 3 heteroatoms. The minimum Gasteiger partial charge on any atom is -0.294 e. The van der Waals surface area contributed by atoms with Crippen LogP contribution in [0.25, 0.3) is 66.4 Å². The maximum Gasteiger partial charge on any atom is 0.140 e. The monoisotopic (exact) mass is 555 g/mol. The lowest BCUT2D eigenvalue weighted by Gasteiger charge is -2.15. The van der Waals surface area contributed by atoms with Gasteiger partial charge in [-0.15, -0.1) is 0 Å². The van der Waals surface area contributed by atoms with E-state index in [0.29, 0.717) is 0 Å². The van der Waals surface area contributed by atoms with Crippen LogP contribution in [0, 0.1) is 34.6 Å². The number of nitrogens with zero attached hydrogens (tertiary/aromatic N) is 3. The molecule has 0 atom stereocenters. The summed E-state index contributed by atoms with van der Waals surface area (Å²) in [7, 11) is 0. The molecule has 0 radical (unpaired) electrons. The van der Waals surface area contributed by atoms with E-state index >= 15 is 0 Å². The number of rotatable bonds is 3. The number of fused-ring (bicyclic) bond motifs is 6. The van der Waals surface area contributed by atoms with E-state index in [0.717, 1.165) is 17.2 Å². The van der Waals surface area contributed by atoms with Crippen LogP contribution in [0.2, 0.25) is 0 Å². The first-order valence-electron chi connectivity index (χ1n) is 15.0. The molecule has 0 spiro atoms. The van der Waals surface area contributed by atoms with E-state index in [1.54, 1.807) is 0 Å². The van der Waals surface area contributed by atoms with Crippen LogP contribution in [-0.2, 0) is 0 Å². The maximum atomic E-state index is 5.48. The van der Waals surface area contributed by atoms with Gasteiger partial charge in [0, 0.05) is 21.5 Å². The molecule has 8 rings (SSSR count). The Morgan fingerprint density at radius 3 is 1.02 bits per heavy atom. The summed E-state index contributed by atoms with van der Waals surface area (Å²) >= 11 is 0. The molecule has 0 bridgehead atoms. The number of benzene rings is 5. The molecule has 0 aliphatic rings. The van der Waals surface area contributed by atoms with Gasteiger partial charge < -0.3 is 0 Å². The van der Waals surface area contributed by atoms with Gasteiger partial charge in [0.1, 0.15) is 11.6 Å². The molecule has 43 heavy (non-hydrogen) atoms. The largest absolute Gasteiger partial charge is 0.294 e. The van der Waals surface area contributed by atoms with Crippen molar-refractivity contribution >= 4 is 43.6 Å². The van der Waals surface area contributed by atoms with Crippen LogP contribution in [0.3, 0.4) is 0 Å². The smallest absolute Gasteiger partial charge is 0.140 e. The Labute approximate surface area is 251 Å². The van der Waals surface area contributed by atoms with Gasteiger partial charge in [0.2, 0.25) is 0 Å². The fourth-order valence-corrected chi connectivity index (χ4v) is 6.64. The first-order valence-corrected chi connectivity index (χ1v) is 15.0. The van der Waals surface area contributed by atoms with E-state index in [2.05, 4.69) is 153 Å². The van der Waals surface area contributed by atoms with Gasteiger partial charge in [-0.2, -0.15) is 0 Å². The summed E-state index contributed by atoms with van der Waals surface area (Å²) in [6.07, 6.45) is 0. The summed E-state index contributed by atoms with van der Waals surface area (Å²) in [6, 6.07) is 40.3. The highest BCUT2D eigenvalue weighted by molar-refractivity contribution is 6.11. The molecule has 3 heterocycles. The van der Waals surface area contributed by atoms with Gasteiger partial charge in [-0.25, -0.2) is 4.98 Å². The summed E-state index contributed by atoms with van der Waals surface area (Å²) < 4.78 is 4.68. The Kier molecular flexibility index (Phi) is 5.61. The highest BCUT2D eigenvalue weighted by Crippen LogP contribution is 2.37. The molecule has 8 aromatic rings. The van der Waals surface area contributed by atoms with Crippen molar-refractivity contribution in [3.8, 4) is 22.8 Å². The number of hydrogen-bond acceptors (Lipinski definition) is 1. The van der Waals surface area contributed by atoms with Gasteiger partial charge in [0.25, 0.3) is 0 Å². The molecular formula is C40H33N3. The molecule has 0 saturated heterocycles. The van der Waals surface area contributed by atoms with Crippen LogP contribution in [0.4, 0.5) is 0 Å². The van der Waals surface area contributed by atoms with Crippen molar-refractivity contribution in [3.63, 3.8) is 0 Å². The third kappa shape index (κ3) is 4.07. The molecule has 3 aromatic heterocycles. The maximum absolute atomic E-state index is 5.48. The number of pyridine rings is 1. The number of hydrogen-bond donors (Lipinski definition) is 0. The molecular weight excluding hydrogens is 522 g/mol. The van der Waals surface area contributed by atoms with Crippen LogP contribution < -0.4 is 0 Å². The zero-order valence-corrected chi connectivity index (χ0v) is 25.2. The third-order valence-corrected chi connectivity index (χ3v) is 8.79. The molecule has 0 fully saturated rings. The molecule has 0 N–H and O–H groups in total. The summed E-state index contributed by atoms with van der Waals surface area (Å²) in [5.74, 6) is 1.82. The lowest BCUT2D eigenvalue weighted by molar-refractivity contribution is 1.01. The van der Waals surface area contributed by atoms with Crippen molar-refractivity contribution < 1.29 is 0 Å². The average Bonchev–Trinajstić information content (AvgIpc) is 3.48. The Morgan fingerprint density at radius 2 is 0.674 bits per heavy atom. The van der Waals surface area contributed by atoms with Gasteiger partial charge in [-0.3, -0.25) is 9.13 Å². The second kappa shape index (κ2) is 9.43. The van der Waals surface area contributed by atoms with Crippen LogP contribution in [-0.4, -0.2) is 14.1 Å². The van der Waals surface area contributed by atoms with Crippen molar-refractivity contribution in [3.05, 3.63) is 137 Å². The van der Waals surface area contributed by atoms with Crippen molar-refractivity contribution in [2.45, 2.75) is 34.6 Å². The standard InChI is InChI=1S/C40H33N3/c1-24-6-12-29(13-7-24)30-22-39(42-35-14-8-25(2)18-31(35)32-19-26(3)9-15-36(32)42)41-40(23-30)43-37-16-10-27(4)20-33(37)34-21-28(5)11-17-38(34)43/h6-23H,1-5H3. The quantitative estimate of drug-likeness (QED) is 0.213. The number of aromatic nitrogens is 3. The summed E-state index contributed by atoms with van der Waals surface area (Å²) in [4.78, 5) is 5.48. The Bertz CT molecular complexity index is 2120. The Morgan fingerprint density at radius 1 is 0.349 bits per heavy atom.